The Balaban J connectivity index is 2.73. The molecule has 1 aromatic rings. The Labute approximate surface area is 114 Å². The SMILES string of the molecule is C=CC(C)n1cncc1[C@H](C)NC(=O)OC(C)(C)C. The summed E-state index contributed by atoms with van der Waals surface area (Å²) in [6.45, 7) is 13.2. The molecule has 0 aliphatic rings. The topological polar surface area (TPSA) is 56.2 Å². The molecule has 5 nitrogen and oxygen atoms in total. The molecule has 0 bridgehead atoms. The Morgan fingerprint density at radius 3 is 2.68 bits per heavy atom. The second-order valence-corrected chi connectivity index (χ2v) is 5.57. The molecule has 19 heavy (non-hydrogen) atoms. The van der Waals surface area contributed by atoms with Gasteiger partial charge in [-0.25, -0.2) is 9.78 Å². The number of ether oxygens (including phenoxy) is 1. The smallest absolute Gasteiger partial charge is 0.408 e. The fraction of sp³-hybridized carbons (Fsp3) is 0.571. The fourth-order valence-corrected chi connectivity index (χ4v) is 1.66. The van der Waals surface area contributed by atoms with Gasteiger partial charge in [0.25, 0.3) is 0 Å². The zero-order valence-corrected chi connectivity index (χ0v) is 12.3. The van der Waals surface area contributed by atoms with Crippen LogP contribution in [0.3, 0.4) is 0 Å². The molecule has 1 unspecified atom stereocenters. The molecule has 1 amide bonds. The fourth-order valence-electron chi connectivity index (χ4n) is 1.66. The minimum atomic E-state index is -0.502. The molecule has 0 radical (unpaired) electrons. The van der Waals surface area contributed by atoms with Crippen LogP contribution in [0.25, 0.3) is 0 Å². The average molecular weight is 265 g/mol. The van der Waals surface area contributed by atoms with E-state index < -0.39 is 11.7 Å². The first-order chi connectivity index (χ1) is 8.74. The van der Waals surface area contributed by atoms with Gasteiger partial charge in [0.1, 0.15) is 5.60 Å². The molecule has 0 aromatic carbocycles. The zero-order valence-electron chi connectivity index (χ0n) is 12.3. The van der Waals surface area contributed by atoms with Gasteiger partial charge in [0.2, 0.25) is 0 Å². The van der Waals surface area contributed by atoms with Crippen LogP contribution in [0.4, 0.5) is 4.79 Å². The predicted octanol–water partition coefficient (Wildman–Crippen LogP) is 3.22. The molecule has 2 atom stereocenters. The quantitative estimate of drug-likeness (QED) is 0.850. The number of rotatable bonds is 4. The van der Waals surface area contributed by atoms with Crippen LogP contribution in [0, 0.1) is 0 Å². The van der Waals surface area contributed by atoms with Crippen LogP contribution in [0.15, 0.2) is 25.2 Å². The number of alkyl carbamates (subject to hydrolysis) is 1. The molecule has 106 valence electrons. The van der Waals surface area contributed by atoms with Crippen molar-refractivity contribution in [3.63, 3.8) is 0 Å². The number of carbonyl (C=O) groups is 1. The summed E-state index contributed by atoms with van der Waals surface area (Å²) >= 11 is 0. The van der Waals surface area contributed by atoms with E-state index in [9.17, 15) is 4.79 Å². The van der Waals surface area contributed by atoms with Crippen molar-refractivity contribution in [1.29, 1.82) is 0 Å². The summed E-state index contributed by atoms with van der Waals surface area (Å²) in [5.41, 5.74) is 0.414. The van der Waals surface area contributed by atoms with Gasteiger partial charge in [-0.1, -0.05) is 6.08 Å². The molecule has 0 aliphatic carbocycles. The maximum Gasteiger partial charge on any atom is 0.408 e. The van der Waals surface area contributed by atoms with Gasteiger partial charge in [-0.15, -0.1) is 6.58 Å². The van der Waals surface area contributed by atoms with Crippen molar-refractivity contribution in [2.75, 3.05) is 0 Å². The van der Waals surface area contributed by atoms with Gasteiger partial charge in [0.05, 0.1) is 24.3 Å². The normalized spacial score (nSPS) is 14.6. The first-order valence-corrected chi connectivity index (χ1v) is 6.38. The van der Waals surface area contributed by atoms with E-state index in [-0.39, 0.29) is 12.1 Å². The average Bonchev–Trinajstić information content (AvgIpc) is 2.73. The molecule has 0 saturated carbocycles. The molecule has 1 rings (SSSR count). The van der Waals surface area contributed by atoms with Crippen molar-refractivity contribution in [2.24, 2.45) is 0 Å². The summed E-state index contributed by atoms with van der Waals surface area (Å²) in [5.74, 6) is 0. The van der Waals surface area contributed by atoms with Gasteiger partial charge in [-0.2, -0.15) is 0 Å². The maximum atomic E-state index is 11.7. The van der Waals surface area contributed by atoms with Crippen LogP contribution < -0.4 is 5.32 Å². The second kappa shape index (κ2) is 5.91. The third-order valence-electron chi connectivity index (χ3n) is 2.65. The summed E-state index contributed by atoms with van der Waals surface area (Å²) in [6.07, 6.45) is 4.86. The number of allylic oxidation sites excluding steroid dienone is 1. The van der Waals surface area contributed by atoms with E-state index in [0.717, 1.165) is 5.69 Å². The van der Waals surface area contributed by atoms with Crippen LogP contribution in [0.5, 0.6) is 0 Å². The van der Waals surface area contributed by atoms with Crippen LogP contribution in [0.1, 0.15) is 52.4 Å². The van der Waals surface area contributed by atoms with Gasteiger partial charge in [-0.3, -0.25) is 0 Å². The molecule has 1 heterocycles. The molecule has 0 spiro atoms. The van der Waals surface area contributed by atoms with Crippen molar-refractivity contribution in [3.8, 4) is 0 Å². The van der Waals surface area contributed by atoms with Crippen LogP contribution in [-0.2, 0) is 4.74 Å². The number of hydrogen-bond donors (Lipinski definition) is 1. The Morgan fingerprint density at radius 2 is 2.16 bits per heavy atom. The predicted molar refractivity (Wildman–Crippen MR) is 74.9 cm³/mol. The van der Waals surface area contributed by atoms with E-state index in [2.05, 4.69) is 16.9 Å². The summed E-state index contributed by atoms with van der Waals surface area (Å²) in [6, 6.07) is -0.0554. The monoisotopic (exact) mass is 265 g/mol. The maximum absolute atomic E-state index is 11.7. The lowest BCUT2D eigenvalue weighted by Crippen LogP contribution is -2.34. The van der Waals surface area contributed by atoms with Crippen molar-refractivity contribution < 1.29 is 9.53 Å². The van der Waals surface area contributed by atoms with Gasteiger partial charge < -0.3 is 14.6 Å². The molecule has 1 N–H and O–H groups in total. The van der Waals surface area contributed by atoms with E-state index in [1.807, 2.05) is 45.3 Å². The van der Waals surface area contributed by atoms with Gasteiger partial charge in [0, 0.05) is 6.04 Å². The standard InChI is InChI=1S/C14H23N3O2/c1-7-10(2)17-9-15-8-12(17)11(3)16-13(18)19-14(4,5)6/h7-11H,1H2,2-6H3,(H,16,18)/t10?,11-/m0/s1. The summed E-state index contributed by atoms with van der Waals surface area (Å²) in [7, 11) is 0. The Kier molecular flexibility index (Phi) is 4.75. The summed E-state index contributed by atoms with van der Waals surface area (Å²) in [5, 5.41) is 2.80. The van der Waals surface area contributed by atoms with Crippen molar-refractivity contribution >= 4 is 6.09 Å². The molecule has 1 aromatic heterocycles. The molecule has 0 aliphatic heterocycles. The highest BCUT2D eigenvalue weighted by Gasteiger charge is 2.20. The number of amides is 1. The molecular formula is C14H23N3O2. The highest BCUT2D eigenvalue weighted by Crippen LogP contribution is 2.18. The molecule has 0 saturated heterocycles. The van der Waals surface area contributed by atoms with E-state index in [1.165, 1.54) is 0 Å². The highest BCUT2D eigenvalue weighted by atomic mass is 16.6. The third-order valence-corrected chi connectivity index (χ3v) is 2.65. The van der Waals surface area contributed by atoms with Crippen LogP contribution >= 0.6 is 0 Å². The Hall–Kier alpha value is -1.78. The summed E-state index contributed by atoms with van der Waals surface area (Å²) < 4.78 is 7.20. The third kappa shape index (κ3) is 4.43. The first kappa shape index (κ1) is 15.3. The number of aromatic nitrogens is 2. The minimum Gasteiger partial charge on any atom is -0.444 e. The lowest BCUT2D eigenvalue weighted by Gasteiger charge is -2.23. The minimum absolute atomic E-state index is 0.125. The summed E-state index contributed by atoms with van der Waals surface area (Å²) in [4.78, 5) is 15.8. The van der Waals surface area contributed by atoms with Crippen molar-refractivity contribution in [2.45, 2.75) is 52.3 Å². The van der Waals surface area contributed by atoms with Gasteiger partial charge >= 0.3 is 6.09 Å². The van der Waals surface area contributed by atoms with E-state index in [1.54, 1.807) is 12.5 Å². The van der Waals surface area contributed by atoms with E-state index in [4.69, 9.17) is 4.74 Å². The molecule has 0 fully saturated rings. The number of imidazole rings is 1. The largest absolute Gasteiger partial charge is 0.444 e. The van der Waals surface area contributed by atoms with Crippen LogP contribution in [0.2, 0.25) is 0 Å². The van der Waals surface area contributed by atoms with Crippen LogP contribution in [-0.4, -0.2) is 21.2 Å². The van der Waals surface area contributed by atoms with Crippen molar-refractivity contribution in [3.05, 3.63) is 30.9 Å². The molecular weight excluding hydrogens is 242 g/mol. The molecule has 5 heteroatoms. The number of nitrogens with one attached hydrogen (secondary N) is 1. The first-order valence-electron chi connectivity index (χ1n) is 6.38. The number of nitrogens with zero attached hydrogens (tertiary/aromatic N) is 2. The number of carbonyl (C=O) groups excluding carboxylic acids is 1. The van der Waals surface area contributed by atoms with Gasteiger partial charge in [0.15, 0.2) is 0 Å². The number of hydrogen-bond acceptors (Lipinski definition) is 3. The van der Waals surface area contributed by atoms with E-state index >= 15 is 0 Å². The second-order valence-electron chi connectivity index (χ2n) is 5.57. The lowest BCUT2D eigenvalue weighted by atomic mass is 10.2. The van der Waals surface area contributed by atoms with Gasteiger partial charge in [-0.05, 0) is 34.6 Å². The zero-order chi connectivity index (χ0) is 14.6. The van der Waals surface area contributed by atoms with Crippen molar-refractivity contribution in [1.82, 2.24) is 14.9 Å². The Morgan fingerprint density at radius 1 is 1.53 bits per heavy atom. The Bertz CT molecular complexity index is 446. The van der Waals surface area contributed by atoms with E-state index in [0.29, 0.717) is 0 Å². The lowest BCUT2D eigenvalue weighted by molar-refractivity contribution is 0.0506. The highest BCUT2D eigenvalue weighted by molar-refractivity contribution is 5.68.